The summed E-state index contributed by atoms with van der Waals surface area (Å²) in [6.07, 6.45) is 1.47. The molecule has 0 radical (unpaired) electrons. The first kappa shape index (κ1) is 9.97. The Balaban J connectivity index is 2.85. The normalized spacial score (nSPS) is 10.9. The number of fused-ring (bicyclic) bond motifs is 1. The molecule has 78 valence electrons. The molecule has 1 heterocycles. The summed E-state index contributed by atoms with van der Waals surface area (Å²) in [5.74, 6) is 0. The lowest BCUT2D eigenvalue weighted by molar-refractivity contribution is -0.107. The fraction of sp³-hybridized carbons (Fsp3) is 0.308. The maximum absolute atomic E-state index is 10.6. The molecule has 0 amide bonds. The molecule has 1 aromatic heterocycles. The van der Waals surface area contributed by atoms with Crippen molar-refractivity contribution in [3.8, 4) is 0 Å². The lowest BCUT2D eigenvalue weighted by Gasteiger charge is -2.02. The Kier molecular flexibility index (Phi) is 2.35. The molecular formula is C13H15NO. The van der Waals surface area contributed by atoms with Gasteiger partial charge in [0, 0.05) is 24.5 Å². The van der Waals surface area contributed by atoms with Gasteiger partial charge < -0.3 is 9.36 Å². The number of carbonyl (C=O) groups is 1. The zero-order valence-corrected chi connectivity index (χ0v) is 9.37. The number of nitrogens with zero attached hydrogens (tertiary/aromatic N) is 1. The van der Waals surface area contributed by atoms with Crippen LogP contribution in [0.2, 0.25) is 0 Å². The highest BCUT2D eigenvalue weighted by atomic mass is 16.1. The number of hydrogen-bond donors (Lipinski definition) is 0. The van der Waals surface area contributed by atoms with Crippen LogP contribution in [0.15, 0.2) is 18.2 Å². The molecule has 0 saturated carbocycles. The van der Waals surface area contributed by atoms with E-state index in [-0.39, 0.29) is 0 Å². The molecular weight excluding hydrogens is 186 g/mol. The van der Waals surface area contributed by atoms with Crippen LogP contribution in [0, 0.1) is 13.8 Å². The van der Waals surface area contributed by atoms with Crippen LogP contribution in [-0.2, 0) is 18.3 Å². The number of aromatic nitrogens is 1. The van der Waals surface area contributed by atoms with Crippen molar-refractivity contribution in [3.05, 3.63) is 35.0 Å². The van der Waals surface area contributed by atoms with Gasteiger partial charge in [-0.15, -0.1) is 0 Å². The standard InChI is InChI=1S/C13H15NO/c1-9-5-4-6-11-10(2)12(7-8-15)14(3)13(9)11/h4-6,8H,7H2,1-3H3. The molecule has 0 saturated heterocycles. The van der Waals surface area contributed by atoms with Gasteiger partial charge in [0.25, 0.3) is 0 Å². The first-order chi connectivity index (χ1) is 7.16. The minimum atomic E-state index is 0.496. The Morgan fingerprint density at radius 3 is 2.67 bits per heavy atom. The monoisotopic (exact) mass is 201 g/mol. The van der Waals surface area contributed by atoms with E-state index >= 15 is 0 Å². The second-order valence-electron chi connectivity index (χ2n) is 3.97. The molecule has 2 nitrogen and oxygen atoms in total. The van der Waals surface area contributed by atoms with E-state index in [2.05, 4.69) is 36.6 Å². The number of hydrogen-bond acceptors (Lipinski definition) is 1. The molecule has 15 heavy (non-hydrogen) atoms. The zero-order valence-electron chi connectivity index (χ0n) is 9.37. The van der Waals surface area contributed by atoms with Crippen molar-refractivity contribution in [1.82, 2.24) is 4.57 Å². The van der Waals surface area contributed by atoms with Crippen LogP contribution in [-0.4, -0.2) is 10.9 Å². The Morgan fingerprint density at radius 1 is 1.33 bits per heavy atom. The topological polar surface area (TPSA) is 22.0 Å². The molecule has 0 atom stereocenters. The van der Waals surface area contributed by atoms with Crippen LogP contribution in [0.4, 0.5) is 0 Å². The molecule has 2 aromatic rings. The molecule has 0 aliphatic carbocycles. The minimum absolute atomic E-state index is 0.496. The number of aryl methyl sites for hydroxylation is 3. The highest BCUT2D eigenvalue weighted by Gasteiger charge is 2.11. The SMILES string of the molecule is Cc1c(CC=O)n(C)c2c(C)cccc12. The smallest absolute Gasteiger partial charge is 0.125 e. The van der Waals surface area contributed by atoms with Crippen molar-refractivity contribution in [2.45, 2.75) is 20.3 Å². The largest absolute Gasteiger partial charge is 0.347 e. The van der Waals surface area contributed by atoms with Gasteiger partial charge in [0.2, 0.25) is 0 Å². The summed E-state index contributed by atoms with van der Waals surface area (Å²) in [5.41, 5.74) is 4.85. The van der Waals surface area contributed by atoms with Crippen LogP contribution in [0.25, 0.3) is 10.9 Å². The highest BCUT2D eigenvalue weighted by Crippen LogP contribution is 2.26. The molecule has 0 aliphatic heterocycles. The van der Waals surface area contributed by atoms with Crippen LogP contribution in [0.1, 0.15) is 16.8 Å². The van der Waals surface area contributed by atoms with Gasteiger partial charge in [-0.2, -0.15) is 0 Å². The van der Waals surface area contributed by atoms with E-state index in [0.717, 1.165) is 12.0 Å². The number of carbonyl (C=O) groups excluding carboxylic acids is 1. The van der Waals surface area contributed by atoms with E-state index in [1.54, 1.807) is 0 Å². The summed E-state index contributed by atoms with van der Waals surface area (Å²) in [7, 11) is 2.03. The number of para-hydroxylation sites is 1. The summed E-state index contributed by atoms with van der Waals surface area (Å²) in [4.78, 5) is 10.6. The first-order valence-corrected chi connectivity index (χ1v) is 5.14. The predicted octanol–water partition coefficient (Wildman–Crippen LogP) is 2.54. The van der Waals surface area contributed by atoms with Gasteiger partial charge >= 0.3 is 0 Å². The van der Waals surface area contributed by atoms with Crippen LogP contribution in [0.3, 0.4) is 0 Å². The van der Waals surface area contributed by atoms with E-state index in [1.165, 1.54) is 22.0 Å². The molecule has 0 bridgehead atoms. The molecule has 2 rings (SSSR count). The molecule has 0 unspecified atom stereocenters. The van der Waals surface area contributed by atoms with Crippen molar-refractivity contribution in [3.63, 3.8) is 0 Å². The molecule has 0 fully saturated rings. The maximum atomic E-state index is 10.6. The number of rotatable bonds is 2. The molecule has 0 spiro atoms. The molecule has 2 heteroatoms. The van der Waals surface area contributed by atoms with Gasteiger partial charge in [-0.05, 0) is 25.0 Å². The van der Waals surface area contributed by atoms with Crippen molar-refractivity contribution in [2.24, 2.45) is 7.05 Å². The van der Waals surface area contributed by atoms with E-state index in [1.807, 2.05) is 7.05 Å². The summed E-state index contributed by atoms with van der Waals surface area (Å²) >= 11 is 0. The van der Waals surface area contributed by atoms with Crippen molar-refractivity contribution >= 4 is 17.2 Å². The van der Waals surface area contributed by atoms with Crippen LogP contribution >= 0.6 is 0 Å². The van der Waals surface area contributed by atoms with Crippen molar-refractivity contribution in [1.29, 1.82) is 0 Å². The van der Waals surface area contributed by atoms with Crippen LogP contribution in [0.5, 0.6) is 0 Å². The van der Waals surface area contributed by atoms with E-state index < -0.39 is 0 Å². The molecule has 0 N–H and O–H groups in total. The van der Waals surface area contributed by atoms with Crippen molar-refractivity contribution in [2.75, 3.05) is 0 Å². The summed E-state index contributed by atoms with van der Waals surface area (Å²) in [5, 5.41) is 1.26. The fourth-order valence-corrected chi connectivity index (χ4v) is 2.32. The van der Waals surface area contributed by atoms with E-state index in [4.69, 9.17) is 0 Å². The Bertz CT molecular complexity index is 523. The highest BCUT2D eigenvalue weighted by molar-refractivity contribution is 5.88. The van der Waals surface area contributed by atoms with Gasteiger partial charge in [0.05, 0.1) is 5.52 Å². The number of benzene rings is 1. The quantitative estimate of drug-likeness (QED) is 0.684. The Morgan fingerprint density at radius 2 is 2.07 bits per heavy atom. The lowest BCUT2D eigenvalue weighted by atomic mass is 10.1. The van der Waals surface area contributed by atoms with Crippen LogP contribution < -0.4 is 0 Å². The van der Waals surface area contributed by atoms with E-state index in [0.29, 0.717) is 6.42 Å². The second kappa shape index (κ2) is 3.54. The first-order valence-electron chi connectivity index (χ1n) is 5.14. The summed E-state index contributed by atoms with van der Waals surface area (Å²) in [6, 6.07) is 6.29. The van der Waals surface area contributed by atoms with Gasteiger partial charge in [0.15, 0.2) is 0 Å². The zero-order chi connectivity index (χ0) is 11.0. The average molecular weight is 201 g/mol. The van der Waals surface area contributed by atoms with E-state index in [9.17, 15) is 4.79 Å². The minimum Gasteiger partial charge on any atom is -0.347 e. The summed E-state index contributed by atoms with van der Waals surface area (Å²) < 4.78 is 2.13. The Hall–Kier alpha value is -1.57. The third-order valence-corrected chi connectivity index (χ3v) is 3.09. The third kappa shape index (κ3) is 1.37. The second-order valence-corrected chi connectivity index (χ2v) is 3.97. The Labute approximate surface area is 89.5 Å². The lowest BCUT2D eigenvalue weighted by Crippen LogP contribution is -1.98. The number of aldehydes is 1. The van der Waals surface area contributed by atoms with Gasteiger partial charge in [-0.1, -0.05) is 18.2 Å². The maximum Gasteiger partial charge on any atom is 0.125 e. The fourth-order valence-electron chi connectivity index (χ4n) is 2.32. The molecule has 0 aliphatic rings. The predicted molar refractivity (Wildman–Crippen MR) is 62.2 cm³/mol. The third-order valence-electron chi connectivity index (χ3n) is 3.09. The summed E-state index contributed by atoms with van der Waals surface area (Å²) in [6.45, 7) is 4.19. The molecule has 1 aromatic carbocycles. The van der Waals surface area contributed by atoms with Gasteiger partial charge in [0.1, 0.15) is 6.29 Å². The van der Waals surface area contributed by atoms with Crippen molar-refractivity contribution < 1.29 is 4.79 Å². The van der Waals surface area contributed by atoms with Gasteiger partial charge in [-0.3, -0.25) is 0 Å². The van der Waals surface area contributed by atoms with Gasteiger partial charge in [-0.25, -0.2) is 0 Å². The average Bonchev–Trinajstić information content (AvgIpc) is 2.45.